The van der Waals surface area contributed by atoms with Crippen LogP contribution in [0.25, 0.3) is 10.6 Å². The molecule has 0 saturated heterocycles. The van der Waals surface area contributed by atoms with Crippen molar-refractivity contribution in [2.45, 2.75) is 6.54 Å². The Bertz CT molecular complexity index is 971. The Morgan fingerprint density at radius 2 is 1.78 bits per heavy atom. The molecule has 23 heavy (non-hydrogen) atoms. The van der Waals surface area contributed by atoms with Gasteiger partial charge in [0.05, 0.1) is 28.7 Å². The molecule has 0 radical (unpaired) electrons. The molecular weight excluding hydrogens is 306 g/mol. The molecule has 0 aliphatic heterocycles. The number of hydrogen-bond acceptors (Lipinski definition) is 4. The van der Waals surface area contributed by atoms with Gasteiger partial charge in [0, 0.05) is 0 Å². The van der Waals surface area contributed by atoms with Crippen LogP contribution in [-0.4, -0.2) is 4.57 Å². The smallest absolute Gasteiger partial charge is 0.269 e. The fourth-order valence-corrected chi connectivity index (χ4v) is 3.09. The van der Waals surface area contributed by atoms with E-state index in [9.17, 15) is 4.79 Å². The van der Waals surface area contributed by atoms with Crippen molar-refractivity contribution >= 4 is 11.3 Å². The van der Waals surface area contributed by atoms with Gasteiger partial charge in [-0.3, -0.25) is 4.79 Å². The van der Waals surface area contributed by atoms with Crippen LogP contribution in [0.2, 0.25) is 0 Å². The Morgan fingerprint density at radius 1 is 1.00 bits per heavy atom. The predicted octanol–water partition coefficient (Wildman–Crippen LogP) is 3.37. The first-order valence-electron chi connectivity index (χ1n) is 6.90. The molecule has 0 unspecified atom stereocenters. The van der Waals surface area contributed by atoms with Gasteiger partial charge in [0.15, 0.2) is 0 Å². The number of benzene rings is 1. The van der Waals surface area contributed by atoms with Crippen molar-refractivity contribution < 1.29 is 0 Å². The maximum Gasteiger partial charge on any atom is 0.269 e. The van der Waals surface area contributed by atoms with Gasteiger partial charge in [0.25, 0.3) is 5.56 Å². The fourth-order valence-electron chi connectivity index (χ4n) is 2.33. The van der Waals surface area contributed by atoms with E-state index in [0.717, 1.165) is 16.1 Å². The van der Waals surface area contributed by atoms with E-state index >= 15 is 0 Å². The van der Waals surface area contributed by atoms with Crippen LogP contribution in [0, 0.1) is 22.7 Å². The van der Waals surface area contributed by atoms with Gasteiger partial charge in [-0.05, 0) is 41.3 Å². The van der Waals surface area contributed by atoms with Crippen LogP contribution in [0.3, 0.4) is 0 Å². The highest BCUT2D eigenvalue weighted by atomic mass is 32.1. The van der Waals surface area contributed by atoms with Crippen LogP contribution in [0.15, 0.2) is 58.7 Å². The molecule has 0 spiro atoms. The average molecular weight is 317 g/mol. The second-order valence-corrected chi connectivity index (χ2v) is 5.87. The quantitative estimate of drug-likeness (QED) is 0.743. The molecule has 1 aromatic carbocycles. The summed E-state index contributed by atoms with van der Waals surface area (Å²) >= 11 is 1.54. The van der Waals surface area contributed by atoms with Crippen LogP contribution in [0.4, 0.5) is 0 Å². The molecule has 4 nitrogen and oxygen atoms in total. The zero-order valence-electron chi connectivity index (χ0n) is 12.1. The van der Waals surface area contributed by atoms with Crippen LogP contribution in [0.5, 0.6) is 0 Å². The zero-order valence-corrected chi connectivity index (χ0v) is 12.9. The molecule has 3 aromatic rings. The molecule has 2 heterocycles. The number of nitrogens with zero attached hydrogens (tertiary/aromatic N) is 3. The SMILES string of the molecule is N#Cc1ccc(Cn2c(-c3cccs3)ccc(C#N)c2=O)cc1. The molecular formula is C18H11N3OS. The van der Waals surface area contributed by atoms with E-state index < -0.39 is 0 Å². The van der Waals surface area contributed by atoms with E-state index in [1.165, 1.54) is 0 Å². The molecule has 110 valence electrons. The van der Waals surface area contributed by atoms with Gasteiger partial charge in [-0.1, -0.05) is 18.2 Å². The highest BCUT2D eigenvalue weighted by Crippen LogP contribution is 2.24. The summed E-state index contributed by atoms with van der Waals surface area (Å²) in [4.78, 5) is 13.5. The summed E-state index contributed by atoms with van der Waals surface area (Å²) < 4.78 is 1.60. The first-order chi connectivity index (χ1) is 11.2. The lowest BCUT2D eigenvalue weighted by Crippen LogP contribution is -2.24. The van der Waals surface area contributed by atoms with Crippen molar-refractivity contribution in [3.63, 3.8) is 0 Å². The minimum absolute atomic E-state index is 0.124. The van der Waals surface area contributed by atoms with Crippen molar-refractivity contribution in [3.05, 3.63) is 81.0 Å². The van der Waals surface area contributed by atoms with Crippen LogP contribution in [-0.2, 0) is 6.54 Å². The molecule has 0 amide bonds. The number of aromatic nitrogens is 1. The Kier molecular flexibility index (Phi) is 4.05. The zero-order chi connectivity index (χ0) is 16.2. The first-order valence-corrected chi connectivity index (χ1v) is 7.78. The summed E-state index contributed by atoms with van der Waals surface area (Å²) in [6.45, 7) is 0.354. The van der Waals surface area contributed by atoms with E-state index in [1.807, 2.05) is 35.7 Å². The van der Waals surface area contributed by atoms with Crippen molar-refractivity contribution in [1.29, 1.82) is 10.5 Å². The van der Waals surface area contributed by atoms with Crippen LogP contribution in [0.1, 0.15) is 16.7 Å². The van der Waals surface area contributed by atoms with E-state index in [4.69, 9.17) is 10.5 Å². The number of thiophene rings is 1. The minimum Gasteiger partial charge on any atom is -0.302 e. The van der Waals surface area contributed by atoms with Gasteiger partial charge in [0.1, 0.15) is 11.6 Å². The van der Waals surface area contributed by atoms with Gasteiger partial charge in [0.2, 0.25) is 0 Å². The third-order valence-corrected chi connectivity index (χ3v) is 4.38. The standard InChI is InChI=1S/C18H11N3OS/c19-10-13-3-5-14(6-4-13)12-21-16(17-2-1-9-23-17)8-7-15(11-20)18(21)22/h1-9H,12H2. The number of rotatable bonds is 3. The number of hydrogen-bond donors (Lipinski definition) is 0. The maximum absolute atomic E-state index is 12.5. The Hall–Kier alpha value is -3.15. The highest BCUT2D eigenvalue weighted by molar-refractivity contribution is 7.13. The van der Waals surface area contributed by atoms with Crippen molar-refractivity contribution in [3.8, 4) is 22.7 Å². The number of nitriles is 2. The fraction of sp³-hybridized carbons (Fsp3) is 0.0556. The molecule has 5 heteroatoms. The molecule has 0 aliphatic carbocycles. The van der Waals surface area contributed by atoms with Gasteiger partial charge in [-0.2, -0.15) is 10.5 Å². The van der Waals surface area contributed by atoms with Crippen molar-refractivity contribution in [1.82, 2.24) is 4.57 Å². The molecule has 2 aromatic heterocycles. The maximum atomic E-state index is 12.5. The Labute approximate surface area is 137 Å². The normalized spacial score (nSPS) is 10.0. The van der Waals surface area contributed by atoms with Gasteiger partial charge >= 0.3 is 0 Å². The van der Waals surface area contributed by atoms with E-state index in [2.05, 4.69) is 6.07 Å². The summed E-state index contributed by atoms with van der Waals surface area (Å²) in [7, 11) is 0. The van der Waals surface area contributed by atoms with Gasteiger partial charge in [-0.15, -0.1) is 11.3 Å². The van der Waals surface area contributed by atoms with E-state index in [1.54, 1.807) is 40.2 Å². The third kappa shape index (κ3) is 2.91. The summed E-state index contributed by atoms with van der Waals surface area (Å²) in [5.41, 5.74) is 2.08. The topological polar surface area (TPSA) is 69.6 Å². The molecule has 0 N–H and O–H groups in total. The summed E-state index contributed by atoms with van der Waals surface area (Å²) in [5, 5.41) is 19.9. The first kappa shape index (κ1) is 14.8. The lowest BCUT2D eigenvalue weighted by Gasteiger charge is -2.12. The second-order valence-electron chi connectivity index (χ2n) is 4.92. The molecule has 0 fully saturated rings. The minimum atomic E-state index is -0.303. The van der Waals surface area contributed by atoms with Crippen molar-refractivity contribution in [2.24, 2.45) is 0 Å². The Morgan fingerprint density at radius 3 is 2.39 bits per heavy atom. The van der Waals surface area contributed by atoms with Crippen LogP contribution >= 0.6 is 11.3 Å². The number of pyridine rings is 1. The second kappa shape index (κ2) is 6.31. The predicted molar refractivity (Wildman–Crippen MR) is 89.0 cm³/mol. The molecule has 0 atom stereocenters. The molecule has 0 saturated carbocycles. The Balaban J connectivity index is 2.10. The highest BCUT2D eigenvalue weighted by Gasteiger charge is 2.11. The molecule has 0 bridgehead atoms. The lowest BCUT2D eigenvalue weighted by molar-refractivity contribution is 0.767. The monoisotopic (exact) mass is 317 g/mol. The van der Waals surface area contributed by atoms with Gasteiger partial charge in [-0.25, -0.2) is 0 Å². The summed E-state index contributed by atoms with van der Waals surface area (Å²) in [6.07, 6.45) is 0. The van der Waals surface area contributed by atoms with Crippen molar-refractivity contribution in [2.75, 3.05) is 0 Å². The largest absolute Gasteiger partial charge is 0.302 e. The lowest BCUT2D eigenvalue weighted by atomic mass is 10.1. The van der Waals surface area contributed by atoms with Crippen LogP contribution < -0.4 is 5.56 Å². The third-order valence-electron chi connectivity index (χ3n) is 3.49. The van der Waals surface area contributed by atoms with E-state index in [0.29, 0.717) is 12.1 Å². The average Bonchev–Trinajstić information content (AvgIpc) is 3.11. The summed E-state index contributed by atoms with van der Waals surface area (Å²) in [5.74, 6) is 0. The molecule has 0 aliphatic rings. The van der Waals surface area contributed by atoms with E-state index in [-0.39, 0.29) is 11.1 Å². The van der Waals surface area contributed by atoms with Gasteiger partial charge < -0.3 is 4.57 Å². The summed E-state index contributed by atoms with van der Waals surface area (Å²) in [6, 6.07) is 18.3. The molecule has 3 rings (SSSR count).